The molecule has 1 aliphatic rings. The Morgan fingerprint density at radius 2 is 2.04 bits per heavy atom. The van der Waals surface area contributed by atoms with E-state index in [0.29, 0.717) is 17.8 Å². The van der Waals surface area contributed by atoms with E-state index in [2.05, 4.69) is 64.1 Å². The lowest BCUT2D eigenvalue weighted by Gasteiger charge is -2.42. The van der Waals surface area contributed by atoms with Crippen molar-refractivity contribution in [3.05, 3.63) is 47.2 Å². The molecule has 1 aromatic heterocycles. The van der Waals surface area contributed by atoms with Crippen molar-refractivity contribution in [1.82, 2.24) is 14.9 Å². The molecule has 1 aromatic carbocycles. The third-order valence-corrected chi connectivity index (χ3v) is 4.98. The lowest BCUT2D eigenvalue weighted by molar-refractivity contribution is 0.159. The van der Waals surface area contributed by atoms with Crippen LogP contribution in [0.5, 0.6) is 0 Å². The molecular weight excluding hydrogens is 322 g/mol. The Labute approximate surface area is 148 Å². The molecule has 0 saturated carbocycles. The van der Waals surface area contributed by atoms with Crippen LogP contribution in [0.15, 0.2) is 36.4 Å². The van der Waals surface area contributed by atoms with E-state index in [1.807, 2.05) is 0 Å². The number of nitrogens with zero attached hydrogens (tertiary/aromatic N) is 4. The maximum absolute atomic E-state index is 5.97. The number of piperidine rings is 1. The average Bonchev–Trinajstić information content (AvgIpc) is 2.56. The molecule has 0 bridgehead atoms. The number of aromatic nitrogens is 2. The summed E-state index contributed by atoms with van der Waals surface area (Å²) in [4.78, 5) is 13.0. The summed E-state index contributed by atoms with van der Waals surface area (Å²) in [5.41, 5.74) is 7.17. The van der Waals surface area contributed by atoms with Gasteiger partial charge in [0.15, 0.2) is 0 Å². The van der Waals surface area contributed by atoms with Crippen molar-refractivity contribution in [3.63, 3.8) is 0 Å². The van der Waals surface area contributed by atoms with Crippen LogP contribution >= 0.6 is 11.6 Å². The van der Waals surface area contributed by atoms with Crippen LogP contribution in [0.2, 0.25) is 5.28 Å². The van der Waals surface area contributed by atoms with Crippen LogP contribution in [-0.2, 0) is 6.54 Å². The van der Waals surface area contributed by atoms with Crippen molar-refractivity contribution in [2.24, 2.45) is 5.92 Å². The van der Waals surface area contributed by atoms with Crippen molar-refractivity contribution in [2.75, 3.05) is 30.8 Å². The summed E-state index contributed by atoms with van der Waals surface area (Å²) in [5.74, 6) is 1.77. The number of hydrogen-bond donors (Lipinski definition) is 1. The minimum absolute atomic E-state index is 0.196. The van der Waals surface area contributed by atoms with Gasteiger partial charge in [0.25, 0.3) is 0 Å². The van der Waals surface area contributed by atoms with Gasteiger partial charge in [-0.15, -0.1) is 0 Å². The molecule has 1 saturated heterocycles. The van der Waals surface area contributed by atoms with Crippen LogP contribution in [0.3, 0.4) is 0 Å². The summed E-state index contributed by atoms with van der Waals surface area (Å²) >= 11 is 5.97. The summed E-state index contributed by atoms with van der Waals surface area (Å²) in [6, 6.07) is 12.8. The number of nitrogen functional groups attached to an aromatic ring is 1. The Balaban J connectivity index is 1.73. The fourth-order valence-electron chi connectivity index (χ4n) is 3.38. The van der Waals surface area contributed by atoms with Crippen LogP contribution in [-0.4, -0.2) is 41.0 Å². The van der Waals surface area contributed by atoms with Gasteiger partial charge in [0.05, 0.1) is 0 Å². The molecule has 24 heavy (non-hydrogen) atoms. The van der Waals surface area contributed by atoms with Gasteiger partial charge in [-0.25, -0.2) is 9.97 Å². The molecule has 2 heterocycles. The Kier molecular flexibility index (Phi) is 5.21. The van der Waals surface area contributed by atoms with Gasteiger partial charge in [-0.3, -0.25) is 4.90 Å². The maximum atomic E-state index is 5.97. The largest absolute Gasteiger partial charge is 0.383 e. The van der Waals surface area contributed by atoms with Crippen LogP contribution in [0.1, 0.15) is 18.9 Å². The van der Waals surface area contributed by atoms with Crippen molar-refractivity contribution in [1.29, 1.82) is 0 Å². The van der Waals surface area contributed by atoms with E-state index in [-0.39, 0.29) is 5.28 Å². The Morgan fingerprint density at radius 1 is 1.29 bits per heavy atom. The monoisotopic (exact) mass is 345 g/mol. The van der Waals surface area contributed by atoms with Crippen molar-refractivity contribution < 1.29 is 0 Å². The molecular formula is C18H24ClN5. The van der Waals surface area contributed by atoms with Crippen LogP contribution in [0.25, 0.3) is 0 Å². The number of halogens is 1. The lowest BCUT2D eigenvalue weighted by Crippen LogP contribution is -2.50. The van der Waals surface area contributed by atoms with Crippen LogP contribution in [0.4, 0.5) is 11.6 Å². The number of rotatable bonds is 4. The maximum Gasteiger partial charge on any atom is 0.226 e. The molecule has 1 aliphatic heterocycles. The molecule has 2 aromatic rings. The second kappa shape index (κ2) is 7.36. The van der Waals surface area contributed by atoms with Crippen molar-refractivity contribution >= 4 is 23.2 Å². The van der Waals surface area contributed by atoms with Gasteiger partial charge in [-0.05, 0) is 36.0 Å². The number of hydrogen-bond acceptors (Lipinski definition) is 5. The first-order chi connectivity index (χ1) is 11.5. The van der Waals surface area contributed by atoms with E-state index in [1.165, 1.54) is 5.56 Å². The van der Waals surface area contributed by atoms with E-state index >= 15 is 0 Å². The van der Waals surface area contributed by atoms with Gasteiger partial charge >= 0.3 is 0 Å². The first kappa shape index (κ1) is 17.0. The summed E-state index contributed by atoms with van der Waals surface area (Å²) in [6.07, 6.45) is 1.16. The minimum Gasteiger partial charge on any atom is -0.383 e. The zero-order valence-electron chi connectivity index (χ0n) is 14.2. The Hall–Kier alpha value is -1.85. The molecule has 0 radical (unpaired) electrons. The standard InChI is InChI=1S/C18H24ClN5/c1-13-8-9-24(11-14-6-4-3-5-7-14)12-15(13)23(2)17-10-16(20)21-18(19)22-17/h3-7,10,13,15H,8-9,11-12H2,1-2H3,(H2,20,21,22)/t13-,15+/m1/s1. The topological polar surface area (TPSA) is 58.3 Å². The van der Waals surface area contributed by atoms with Gasteiger partial charge in [0.2, 0.25) is 5.28 Å². The number of anilines is 2. The highest BCUT2D eigenvalue weighted by molar-refractivity contribution is 6.28. The van der Waals surface area contributed by atoms with Gasteiger partial charge in [-0.2, -0.15) is 0 Å². The summed E-state index contributed by atoms with van der Waals surface area (Å²) in [5, 5.41) is 0.196. The SMILES string of the molecule is C[C@@H]1CCN(Cc2ccccc2)C[C@@H]1N(C)c1cc(N)nc(Cl)n1. The van der Waals surface area contributed by atoms with E-state index in [0.717, 1.165) is 31.9 Å². The molecule has 6 heteroatoms. The van der Waals surface area contributed by atoms with Gasteiger partial charge in [0.1, 0.15) is 11.6 Å². The highest BCUT2D eigenvalue weighted by Gasteiger charge is 2.30. The van der Waals surface area contributed by atoms with Crippen LogP contribution in [0, 0.1) is 5.92 Å². The molecule has 0 amide bonds. The van der Waals surface area contributed by atoms with Gasteiger partial charge in [-0.1, -0.05) is 37.3 Å². The second-order valence-electron chi connectivity index (χ2n) is 6.58. The highest BCUT2D eigenvalue weighted by Crippen LogP contribution is 2.26. The molecule has 0 aliphatic carbocycles. The van der Waals surface area contributed by atoms with E-state index in [4.69, 9.17) is 17.3 Å². The smallest absolute Gasteiger partial charge is 0.226 e. The second-order valence-corrected chi connectivity index (χ2v) is 6.92. The number of benzene rings is 1. The number of likely N-dealkylation sites (tertiary alicyclic amines) is 1. The highest BCUT2D eigenvalue weighted by atomic mass is 35.5. The quantitative estimate of drug-likeness (QED) is 0.863. The van der Waals surface area contributed by atoms with Gasteiger partial charge in [0, 0.05) is 32.2 Å². The average molecular weight is 346 g/mol. The summed E-state index contributed by atoms with van der Waals surface area (Å²) in [6.45, 7) is 5.39. The minimum atomic E-state index is 0.196. The van der Waals surface area contributed by atoms with Crippen molar-refractivity contribution in [3.8, 4) is 0 Å². The molecule has 128 valence electrons. The van der Waals surface area contributed by atoms with Crippen LogP contribution < -0.4 is 10.6 Å². The Bertz CT molecular complexity index is 658. The lowest BCUT2D eigenvalue weighted by atomic mass is 9.92. The van der Waals surface area contributed by atoms with E-state index < -0.39 is 0 Å². The fourth-order valence-corrected chi connectivity index (χ4v) is 3.56. The third-order valence-electron chi connectivity index (χ3n) is 4.82. The molecule has 1 fully saturated rings. The zero-order chi connectivity index (χ0) is 17.1. The molecule has 2 atom stereocenters. The normalized spacial score (nSPS) is 21.6. The first-order valence-electron chi connectivity index (χ1n) is 8.32. The summed E-state index contributed by atoms with van der Waals surface area (Å²) < 4.78 is 0. The number of nitrogens with two attached hydrogens (primary N) is 1. The summed E-state index contributed by atoms with van der Waals surface area (Å²) in [7, 11) is 2.06. The van der Waals surface area contributed by atoms with Crippen molar-refractivity contribution in [2.45, 2.75) is 25.9 Å². The molecule has 2 N–H and O–H groups in total. The predicted octanol–water partition coefficient (Wildman–Crippen LogP) is 3.06. The third kappa shape index (κ3) is 3.97. The molecule has 0 spiro atoms. The zero-order valence-corrected chi connectivity index (χ0v) is 14.9. The van der Waals surface area contributed by atoms with Gasteiger partial charge < -0.3 is 10.6 Å². The molecule has 0 unspecified atom stereocenters. The predicted molar refractivity (Wildman–Crippen MR) is 99.1 cm³/mol. The van der Waals surface area contributed by atoms with E-state index in [9.17, 15) is 0 Å². The van der Waals surface area contributed by atoms with E-state index in [1.54, 1.807) is 6.07 Å². The molecule has 5 nitrogen and oxygen atoms in total. The Morgan fingerprint density at radius 3 is 2.75 bits per heavy atom. The number of likely N-dealkylation sites (N-methyl/N-ethyl adjacent to an activating group) is 1. The fraction of sp³-hybridized carbons (Fsp3) is 0.444. The molecule has 3 rings (SSSR count). The first-order valence-corrected chi connectivity index (χ1v) is 8.70.